The molecule has 4 N–H and O–H groups in total. The summed E-state index contributed by atoms with van der Waals surface area (Å²) in [5.74, 6) is 0.301. The molecule has 1 rings (SSSR count). The van der Waals surface area contributed by atoms with E-state index in [1.165, 1.54) is 0 Å². The molecule has 0 fully saturated rings. The molecule has 0 spiro atoms. The number of aliphatic hydroxyl groups excluding tert-OH is 1. The minimum Gasteiger partial charge on any atom is -0.388 e. The lowest BCUT2D eigenvalue weighted by molar-refractivity contribution is 0.355. The predicted molar refractivity (Wildman–Crippen MR) is 63.1 cm³/mol. The molecule has 0 heterocycles. The third-order valence-electron chi connectivity index (χ3n) is 1.91. The summed E-state index contributed by atoms with van der Waals surface area (Å²) in [7, 11) is 0. The molecule has 0 saturated carbocycles. The molecule has 0 atom stereocenters. The van der Waals surface area contributed by atoms with Crippen molar-refractivity contribution in [2.75, 3.05) is 25.0 Å². The van der Waals surface area contributed by atoms with Crippen LogP contribution >= 0.6 is 0 Å². The molecule has 4 nitrogen and oxygen atoms in total. The van der Waals surface area contributed by atoms with E-state index in [1.54, 1.807) is 0 Å². The molecule has 15 heavy (non-hydrogen) atoms. The number of hydrogen-bond donors (Lipinski definition) is 3. The lowest BCUT2D eigenvalue weighted by atomic mass is 10.3. The summed E-state index contributed by atoms with van der Waals surface area (Å²) in [5.41, 5.74) is 6.45. The van der Waals surface area contributed by atoms with E-state index in [9.17, 15) is 0 Å². The minimum absolute atomic E-state index is 0.161. The largest absolute Gasteiger partial charge is 0.388 e. The summed E-state index contributed by atoms with van der Waals surface area (Å²) < 4.78 is 0. The van der Waals surface area contributed by atoms with Crippen LogP contribution in [0.1, 0.15) is 6.42 Å². The minimum atomic E-state index is -0.161. The number of nitrogens with zero attached hydrogens (tertiary/aromatic N) is 1. The van der Waals surface area contributed by atoms with E-state index in [1.807, 2.05) is 30.3 Å². The van der Waals surface area contributed by atoms with E-state index in [-0.39, 0.29) is 6.61 Å². The van der Waals surface area contributed by atoms with Crippen molar-refractivity contribution in [3.63, 3.8) is 0 Å². The van der Waals surface area contributed by atoms with Gasteiger partial charge in [-0.25, -0.2) is 0 Å². The Morgan fingerprint density at radius 2 is 2.07 bits per heavy atom. The Morgan fingerprint density at radius 3 is 2.73 bits per heavy atom. The highest BCUT2D eigenvalue weighted by atomic mass is 16.3. The summed E-state index contributed by atoms with van der Waals surface area (Å²) in [6.45, 7) is 1.34. The average Bonchev–Trinajstić information content (AvgIpc) is 2.29. The Labute approximate surface area is 89.8 Å². The number of anilines is 1. The quantitative estimate of drug-likeness (QED) is 0.368. The number of benzene rings is 1. The van der Waals surface area contributed by atoms with Gasteiger partial charge >= 0.3 is 0 Å². The molecule has 0 aromatic heterocycles. The van der Waals surface area contributed by atoms with Crippen LogP contribution in [0.5, 0.6) is 0 Å². The molecule has 0 aliphatic rings. The van der Waals surface area contributed by atoms with Gasteiger partial charge in [-0.1, -0.05) is 18.2 Å². The van der Waals surface area contributed by atoms with Gasteiger partial charge in [0, 0.05) is 18.8 Å². The number of aliphatic hydroxyl groups is 1. The molecular formula is C11H17N3O. The smallest absolute Gasteiger partial charge is 0.120 e. The second-order valence-electron chi connectivity index (χ2n) is 3.18. The summed E-state index contributed by atoms with van der Waals surface area (Å²) in [4.78, 5) is 3.98. The van der Waals surface area contributed by atoms with Gasteiger partial charge in [0.05, 0.1) is 0 Å². The molecule has 82 valence electrons. The third-order valence-corrected chi connectivity index (χ3v) is 1.91. The van der Waals surface area contributed by atoms with E-state index in [0.29, 0.717) is 12.4 Å². The maximum atomic E-state index is 8.60. The molecule has 0 radical (unpaired) electrons. The van der Waals surface area contributed by atoms with E-state index < -0.39 is 0 Å². The molecular weight excluding hydrogens is 190 g/mol. The maximum absolute atomic E-state index is 8.60. The normalized spacial score (nSPS) is 11.4. The van der Waals surface area contributed by atoms with Crippen LogP contribution in [0.4, 0.5) is 5.69 Å². The van der Waals surface area contributed by atoms with Crippen molar-refractivity contribution >= 4 is 11.5 Å². The Kier molecular flexibility index (Phi) is 5.25. The van der Waals surface area contributed by atoms with Gasteiger partial charge in [0.25, 0.3) is 0 Å². The van der Waals surface area contributed by atoms with Gasteiger partial charge in [-0.2, -0.15) is 0 Å². The predicted octanol–water partition coefficient (Wildman–Crippen LogP) is 0.838. The number of hydrogen-bond acceptors (Lipinski definition) is 3. The van der Waals surface area contributed by atoms with E-state index in [4.69, 9.17) is 10.8 Å². The van der Waals surface area contributed by atoms with Crippen molar-refractivity contribution in [3.8, 4) is 0 Å². The first-order chi connectivity index (χ1) is 7.33. The number of rotatable bonds is 6. The van der Waals surface area contributed by atoms with Gasteiger partial charge in [-0.15, -0.1) is 0 Å². The fourth-order valence-corrected chi connectivity index (χ4v) is 1.14. The van der Waals surface area contributed by atoms with Crippen LogP contribution in [-0.2, 0) is 0 Å². The van der Waals surface area contributed by atoms with Crippen molar-refractivity contribution in [2.45, 2.75) is 6.42 Å². The van der Waals surface area contributed by atoms with Gasteiger partial charge < -0.3 is 16.2 Å². The second kappa shape index (κ2) is 6.84. The summed E-state index contributed by atoms with van der Waals surface area (Å²) >= 11 is 0. The lowest BCUT2D eigenvalue weighted by Crippen LogP contribution is -2.17. The van der Waals surface area contributed by atoms with Crippen LogP contribution in [0.2, 0.25) is 0 Å². The molecule has 1 aromatic carbocycles. The van der Waals surface area contributed by atoms with Crippen LogP contribution in [0, 0.1) is 0 Å². The van der Waals surface area contributed by atoms with Crippen LogP contribution in [-0.4, -0.2) is 30.6 Å². The molecule has 0 unspecified atom stereocenters. The zero-order valence-corrected chi connectivity index (χ0v) is 8.69. The van der Waals surface area contributed by atoms with Gasteiger partial charge in [0.15, 0.2) is 0 Å². The third kappa shape index (κ3) is 5.02. The van der Waals surface area contributed by atoms with Gasteiger partial charge in [0.1, 0.15) is 12.4 Å². The van der Waals surface area contributed by atoms with E-state index in [0.717, 1.165) is 18.7 Å². The highest BCUT2D eigenvalue weighted by Gasteiger charge is 1.90. The van der Waals surface area contributed by atoms with E-state index >= 15 is 0 Å². The topological polar surface area (TPSA) is 70.6 Å². The van der Waals surface area contributed by atoms with Crippen molar-refractivity contribution in [1.82, 2.24) is 0 Å². The number of amidine groups is 1. The highest BCUT2D eigenvalue weighted by molar-refractivity contribution is 5.81. The first-order valence-corrected chi connectivity index (χ1v) is 5.01. The van der Waals surface area contributed by atoms with Crippen LogP contribution in [0.3, 0.4) is 0 Å². The summed E-state index contributed by atoms with van der Waals surface area (Å²) in [6.07, 6.45) is 0.898. The lowest BCUT2D eigenvalue weighted by Gasteiger charge is -2.04. The Bertz CT molecular complexity index is 298. The first kappa shape index (κ1) is 11.5. The molecule has 1 aromatic rings. The molecule has 4 heteroatoms. The van der Waals surface area contributed by atoms with Crippen molar-refractivity contribution in [3.05, 3.63) is 30.3 Å². The van der Waals surface area contributed by atoms with Gasteiger partial charge in [-0.3, -0.25) is 4.99 Å². The Balaban J connectivity index is 2.13. The standard InChI is InChI=1S/C11H17N3O/c12-11(9-15)14-8-4-7-13-10-5-2-1-3-6-10/h1-3,5-6,13,15H,4,7-9H2,(H2,12,14). The van der Waals surface area contributed by atoms with Crippen LogP contribution in [0.15, 0.2) is 35.3 Å². The van der Waals surface area contributed by atoms with Crippen LogP contribution < -0.4 is 11.1 Å². The monoisotopic (exact) mass is 207 g/mol. The molecule has 0 aliphatic carbocycles. The fraction of sp³-hybridized carbons (Fsp3) is 0.364. The molecule has 0 saturated heterocycles. The Morgan fingerprint density at radius 1 is 1.33 bits per heavy atom. The summed E-state index contributed by atoms with van der Waals surface area (Å²) in [6, 6.07) is 10.0. The van der Waals surface area contributed by atoms with Crippen molar-refractivity contribution in [2.24, 2.45) is 10.7 Å². The number of aliphatic imine (C=N–C) groups is 1. The zero-order chi connectivity index (χ0) is 10.9. The number of nitrogens with two attached hydrogens (primary N) is 1. The second-order valence-corrected chi connectivity index (χ2v) is 3.18. The molecule has 0 aliphatic heterocycles. The SMILES string of the molecule is NC(CO)=NCCCNc1ccccc1. The van der Waals surface area contributed by atoms with Crippen molar-refractivity contribution < 1.29 is 5.11 Å². The average molecular weight is 207 g/mol. The van der Waals surface area contributed by atoms with Crippen molar-refractivity contribution in [1.29, 1.82) is 0 Å². The first-order valence-electron chi connectivity index (χ1n) is 5.01. The van der Waals surface area contributed by atoms with Crippen LogP contribution in [0.25, 0.3) is 0 Å². The molecule has 0 bridgehead atoms. The number of para-hydroxylation sites is 1. The van der Waals surface area contributed by atoms with E-state index in [2.05, 4.69) is 10.3 Å². The fourth-order valence-electron chi connectivity index (χ4n) is 1.14. The number of nitrogens with one attached hydrogen (secondary N) is 1. The highest BCUT2D eigenvalue weighted by Crippen LogP contribution is 2.04. The molecule has 0 amide bonds. The Hall–Kier alpha value is -1.55. The maximum Gasteiger partial charge on any atom is 0.120 e. The van der Waals surface area contributed by atoms with Gasteiger partial charge in [-0.05, 0) is 18.6 Å². The summed E-state index contributed by atoms with van der Waals surface area (Å²) in [5, 5.41) is 11.9. The zero-order valence-electron chi connectivity index (χ0n) is 8.69. The van der Waals surface area contributed by atoms with Gasteiger partial charge in [0.2, 0.25) is 0 Å².